The number of benzene rings is 1. The summed E-state index contributed by atoms with van der Waals surface area (Å²) in [5.74, 6) is 0.106. The van der Waals surface area contributed by atoms with Crippen LogP contribution in [0.4, 0.5) is 4.39 Å². The zero-order valence-electron chi connectivity index (χ0n) is 12.6. The summed E-state index contributed by atoms with van der Waals surface area (Å²) in [5, 5.41) is 9.05. The van der Waals surface area contributed by atoms with Crippen LogP contribution in [0.3, 0.4) is 0 Å². The molecule has 0 aliphatic heterocycles. The van der Waals surface area contributed by atoms with Gasteiger partial charge in [-0.2, -0.15) is 0 Å². The van der Waals surface area contributed by atoms with Crippen molar-refractivity contribution in [3.05, 3.63) is 29.6 Å². The third-order valence-corrected chi connectivity index (χ3v) is 4.06. The van der Waals surface area contributed by atoms with E-state index in [-0.39, 0.29) is 17.7 Å². The molecule has 1 aliphatic carbocycles. The number of rotatable bonds is 5. The molecule has 0 heterocycles. The van der Waals surface area contributed by atoms with Crippen molar-refractivity contribution < 1.29 is 19.0 Å². The summed E-state index contributed by atoms with van der Waals surface area (Å²) < 4.78 is 19.4. The van der Waals surface area contributed by atoms with E-state index in [9.17, 15) is 9.18 Å². The van der Waals surface area contributed by atoms with E-state index in [1.54, 1.807) is 12.1 Å². The van der Waals surface area contributed by atoms with Crippen LogP contribution in [-0.2, 0) is 4.79 Å². The molecule has 0 radical (unpaired) electrons. The summed E-state index contributed by atoms with van der Waals surface area (Å²) in [5.41, 5.74) is 0.888. The van der Waals surface area contributed by atoms with E-state index in [1.165, 1.54) is 6.07 Å². The fraction of sp³-hybridized carbons (Fsp3) is 0.588. The van der Waals surface area contributed by atoms with Gasteiger partial charge in [0.25, 0.3) is 0 Å². The van der Waals surface area contributed by atoms with E-state index >= 15 is 0 Å². The Morgan fingerprint density at radius 2 is 2.00 bits per heavy atom. The average Bonchev–Trinajstić information content (AvgIpc) is 2.46. The number of aliphatic carboxylic acids is 1. The van der Waals surface area contributed by atoms with Gasteiger partial charge in [0.15, 0.2) is 0 Å². The van der Waals surface area contributed by atoms with E-state index < -0.39 is 5.97 Å². The van der Waals surface area contributed by atoms with Crippen molar-refractivity contribution in [1.29, 1.82) is 0 Å². The minimum atomic E-state index is -0.719. The van der Waals surface area contributed by atoms with Gasteiger partial charge in [0, 0.05) is 5.56 Å². The molecule has 1 aromatic carbocycles. The Morgan fingerprint density at radius 1 is 1.33 bits per heavy atom. The molecule has 0 atom stereocenters. The lowest BCUT2D eigenvalue weighted by molar-refractivity contribution is -0.142. The quantitative estimate of drug-likeness (QED) is 0.884. The first kappa shape index (κ1) is 15.8. The first-order chi connectivity index (χ1) is 9.97. The molecule has 0 saturated heterocycles. The summed E-state index contributed by atoms with van der Waals surface area (Å²) in [6.07, 6.45) is 2.86. The summed E-state index contributed by atoms with van der Waals surface area (Å²) >= 11 is 0. The SMILES string of the molecule is CC(C)COc1ccc(F)cc1C1CCC(C(=O)O)CC1. The number of ether oxygens (including phenoxy) is 1. The number of carboxylic acids is 1. The van der Waals surface area contributed by atoms with E-state index in [2.05, 4.69) is 13.8 Å². The van der Waals surface area contributed by atoms with Crippen molar-refractivity contribution in [1.82, 2.24) is 0 Å². The van der Waals surface area contributed by atoms with Crippen molar-refractivity contribution in [3.63, 3.8) is 0 Å². The second-order valence-electron chi connectivity index (χ2n) is 6.27. The fourth-order valence-electron chi connectivity index (χ4n) is 2.88. The number of carbonyl (C=O) groups is 1. The predicted octanol–water partition coefficient (Wildman–Crippen LogP) is 4.22. The average molecular weight is 294 g/mol. The smallest absolute Gasteiger partial charge is 0.306 e. The molecule has 0 amide bonds. The van der Waals surface area contributed by atoms with Gasteiger partial charge in [0.1, 0.15) is 11.6 Å². The molecular weight excluding hydrogens is 271 g/mol. The Kier molecular flexibility index (Phi) is 5.21. The lowest BCUT2D eigenvalue weighted by Gasteiger charge is -2.28. The fourth-order valence-corrected chi connectivity index (χ4v) is 2.88. The van der Waals surface area contributed by atoms with Gasteiger partial charge in [-0.25, -0.2) is 4.39 Å². The molecule has 0 aromatic heterocycles. The first-order valence-corrected chi connectivity index (χ1v) is 7.62. The zero-order chi connectivity index (χ0) is 15.4. The van der Waals surface area contributed by atoms with Crippen molar-refractivity contribution in [2.24, 2.45) is 11.8 Å². The highest BCUT2D eigenvalue weighted by Crippen LogP contribution is 2.40. The van der Waals surface area contributed by atoms with E-state index in [0.717, 1.165) is 24.2 Å². The minimum absolute atomic E-state index is 0.193. The molecule has 116 valence electrons. The largest absolute Gasteiger partial charge is 0.493 e. The van der Waals surface area contributed by atoms with Gasteiger partial charge < -0.3 is 9.84 Å². The first-order valence-electron chi connectivity index (χ1n) is 7.62. The van der Waals surface area contributed by atoms with E-state index in [1.807, 2.05) is 0 Å². The Bertz CT molecular complexity index is 491. The maximum absolute atomic E-state index is 13.6. The Morgan fingerprint density at radius 3 is 2.57 bits per heavy atom. The normalized spacial score (nSPS) is 22.3. The lowest BCUT2D eigenvalue weighted by Crippen LogP contribution is -2.21. The minimum Gasteiger partial charge on any atom is -0.493 e. The maximum Gasteiger partial charge on any atom is 0.306 e. The van der Waals surface area contributed by atoms with Gasteiger partial charge in [-0.1, -0.05) is 13.8 Å². The summed E-state index contributed by atoms with van der Waals surface area (Å²) in [7, 11) is 0. The molecule has 1 saturated carbocycles. The van der Waals surface area contributed by atoms with Crippen molar-refractivity contribution in [2.75, 3.05) is 6.61 Å². The van der Waals surface area contributed by atoms with Crippen molar-refractivity contribution in [3.8, 4) is 5.75 Å². The molecule has 2 rings (SSSR count). The van der Waals surface area contributed by atoms with E-state index in [0.29, 0.717) is 25.4 Å². The van der Waals surface area contributed by atoms with Crippen LogP contribution in [0.2, 0.25) is 0 Å². The molecule has 21 heavy (non-hydrogen) atoms. The van der Waals surface area contributed by atoms with Crippen LogP contribution < -0.4 is 4.74 Å². The third-order valence-electron chi connectivity index (χ3n) is 4.06. The summed E-state index contributed by atoms with van der Waals surface area (Å²) in [4.78, 5) is 11.0. The molecular formula is C17H23FO3. The van der Waals surface area contributed by atoms with Crippen LogP contribution >= 0.6 is 0 Å². The summed E-state index contributed by atoms with van der Waals surface area (Å²) in [6.45, 7) is 4.74. The molecule has 1 N–H and O–H groups in total. The second kappa shape index (κ2) is 6.92. The van der Waals surface area contributed by atoms with Gasteiger partial charge >= 0.3 is 5.97 Å². The highest BCUT2D eigenvalue weighted by molar-refractivity contribution is 5.70. The van der Waals surface area contributed by atoms with E-state index in [4.69, 9.17) is 9.84 Å². The van der Waals surface area contributed by atoms with Gasteiger partial charge in [0.05, 0.1) is 12.5 Å². The van der Waals surface area contributed by atoms with Gasteiger partial charge in [-0.05, 0) is 55.7 Å². The van der Waals surface area contributed by atoms with Crippen LogP contribution in [0, 0.1) is 17.7 Å². The lowest BCUT2D eigenvalue weighted by atomic mass is 9.78. The second-order valence-corrected chi connectivity index (χ2v) is 6.27. The topological polar surface area (TPSA) is 46.5 Å². The Hall–Kier alpha value is -1.58. The molecule has 1 fully saturated rings. The highest BCUT2D eigenvalue weighted by Gasteiger charge is 2.28. The number of halogens is 1. The third kappa shape index (κ3) is 4.19. The van der Waals surface area contributed by atoms with Crippen molar-refractivity contribution >= 4 is 5.97 Å². The number of hydrogen-bond donors (Lipinski definition) is 1. The summed E-state index contributed by atoms with van der Waals surface area (Å²) in [6, 6.07) is 4.65. The maximum atomic E-state index is 13.6. The van der Waals surface area contributed by atoms with Crippen LogP contribution in [0.15, 0.2) is 18.2 Å². The Labute approximate surface area is 125 Å². The van der Waals surface area contributed by atoms with Crippen LogP contribution in [0.5, 0.6) is 5.75 Å². The van der Waals surface area contributed by atoms with Crippen LogP contribution in [-0.4, -0.2) is 17.7 Å². The van der Waals surface area contributed by atoms with Gasteiger partial charge in [-0.3, -0.25) is 4.79 Å². The highest BCUT2D eigenvalue weighted by atomic mass is 19.1. The van der Waals surface area contributed by atoms with Crippen LogP contribution in [0.25, 0.3) is 0 Å². The predicted molar refractivity (Wildman–Crippen MR) is 79.1 cm³/mol. The standard InChI is InChI=1S/C17H23FO3/c1-11(2)10-21-16-8-7-14(18)9-15(16)12-3-5-13(6-4-12)17(19)20/h7-9,11-13H,3-6,10H2,1-2H3,(H,19,20). The van der Waals surface area contributed by atoms with Crippen LogP contribution in [0.1, 0.15) is 51.0 Å². The Balaban J connectivity index is 2.11. The molecule has 4 heteroatoms. The molecule has 1 aliphatic rings. The number of carboxylic acid groups (broad SMARTS) is 1. The molecule has 0 bridgehead atoms. The molecule has 0 spiro atoms. The zero-order valence-corrected chi connectivity index (χ0v) is 12.6. The van der Waals surface area contributed by atoms with Crippen molar-refractivity contribution in [2.45, 2.75) is 45.4 Å². The molecule has 3 nitrogen and oxygen atoms in total. The molecule has 0 unspecified atom stereocenters. The van der Waals surface area contributed by atoms with Gasteiger partial charge in [0.2, 0.25) is 0 Å². The monoisotopic (exact) mass is 294 g/mol. The van der Waals surface area contributed by atoms with Gasteiger partial charge in [-0.15, -0.1) is 0 Å². The number of hydrogen-bond acceptors (Lipinski definition) is 2. The molecule has 1 aromatic rings.